The zero-order valence-corrected chi connectivity index (χ0v) is 23.0. The molecule has 10 nitrogen and oxygen atoms in total. The number of aryl methyl sites for hydroxylation is 1. The molecule has 2 amide bonds. The number of rotatable bonds is 12. The second-order valence-corrected chi connectivity index (χ2v) is 10.6. The summed E-state index contributed by atoms with van der Waals surface area (Å²) in [5.74, 6) is -5.78. The third kappa shape index (κ3) is 10.5. The van der Waals surface area contributed by atoms with Crippen LogP contribution in [0.25, 0.3) is 10.8 Å². The minimum absolute atomic E-state index is 0. The number of phosphoric ester groups is 1. The van der Waals surface area contributed by atoms with E-state index in [2.05, 4.69) is 14.8 Å². The third-order valence-corrected chi connectivity index (χ3v) is 6.77. The summed E-state index contributed by atoms with van der Waals surface area (Å²) < 4.78 is 76.2. The number of ether oxygens (including phenoxy) is 1. The van der Waals surface area contributed by atoms with Crippen molar-refractivity contribution in [1.82, 2.24) is 9.88 Å². The number of hydrogen-bond donors (Lipinski definition) is 3. The standard InChI is InChI=1S/C25H25ClF4N3O7P.CH4/c1-33(22(34)8-6-15-3-2-4-20(28)23(15)26)19(11-25(29,30)14-40-41(36,37)38)13-39-24(35)32-21-10-17-9-18(27)7-5-16(17)12-31-21;/h2-5,7,9-10,12,19H,6,8,11,13-14H2,1H3,(H,31,32,35)(H2,36,37,38);1H4/t19-;/m0./s1. The zero-order chi connectivity index (χ0) is 30.4. The number of nitrogens with zero attached hydrogens (tertiary/aromatic N) is 2. The molecule has 0 spiro atoms. The average Bonchev–Trinajstić information content (AvgIpc) is 2.89. The van der Waals surface area contributed by atoms with Crippen LogP contribution in [0.4, 0.5) is 28.2 Å². The molecule has 0 aliphatic rings. The van der Waals surface area contributed by atoms with Crippen LogP contribution in [-0.2, 0) is 25.0 Å². The Morgan fingerprint density at radius 3 is 2.57 bits per heavy atom. The molecule has 1 atom stereocenters. The monoisotopic (exact) mass is 637 g/mol. The number of fused-ring (bicyclic) bond motifs is 1. The highest BCUT2D eigenvalue weighted by Crippen LogP contribution is 2.38. The molecule has 0 bridgehead atoms. The van der Waals surface area contributed by atoms with E-state index in [1.165, 1.54) is 49.6 Å². The molecule has 230 valence electrons. The molecule has 0 radical (unpaired) electrons. The number of aromatic nitrogens is 1. The van der Waals surface area contributed by atoms with Crippen molar-refractivity contribution < 1.29 is 50.8 Å². The molecule has 3 N–H and O–H groups in total. The Labute approximate surface area is 243 Å². The molecule has 0 saturated heterocycles. The number of amides is 2. The largest absolute Gasteiger partial charge is 0.469 e. The average molecular weight is 638 g/mol. The topological polar surface area (TPSA) is 138 Å². The van der Waals surface area contributed by atoms with Crippen molar-refractivity contribution in [2.45, 2.75) is 38.7 Å². The predicted octanol–water partition coefficient (Wildman–Crippen LogP) is 5.95. The molecule has 16 heteroatoms. The Bertz CT molecular complexity index is 1460. The van der Waals surface area contributed by atoms with Gasteiger partial charge in [-0.25, -0.2) is 31.9 Å². The van der Waals surface area contributed by atoms with Crippen molar-refractivity contribution in [3.05, 3.63) is 70.9 Å². The van der Waals surface area contributed by atoms with E-state index in [0.29, 0.717) is 16.3 Å². The summed E-state index contributed by atoms with van der Waals surface area (Å²) in [6.07, 6.45) is -1.26. The Balaban J connectivity index is 0.00000616. The molecule has 3 aromatic rings. The lowest BCUT2D eigenvalue weighted by molar-refractivity contribution is -0.136. The molecular weight excluding hydrogens is 609 g/mol. The second-order valence-electron chi connectivity index (χ2n) is 8.98. The van der Waals surface area contributed by atoms with Crippen molar-refractivity contribution in [2.24, 2.45) is 0 Å². The Kier molecular flexibility index (Phi) is 12.3. The summed E-state index contributed by atoms with van der Waals surface area (Å²) in [4.78, 5) is 47.7. The van der Waals surface area contributed by atoms with Crippen molar-refractivity contribution >= 4 is 48.0 Å². The Morgan fingerprint density at radius 2 is 1.88 bits per heavy atom. The minimum atomic E-state index is -5.22. The number of likely N-dealkylation sites (N-methyl/N-ethyl adjacent to an activating group) is 1. The van der Waals surface area contributed by atoms with E-state index in [4.69, 9.17) is 26.1 Å². The summed E-state index contributed by atoms with van der Waals surface area (Å²) in [5, 5.41) is 3.10. The molecule has 3 rings (SSSR count). The maximum absolute atomic E-state index is 14.6. The van der Waals surface area contributed by atoms with E-state index in [1.54, 1.807) is 0 Å². The van der Waals surface area contributed by atoms with Gasteiger partial charge >= 0.3 is 13.9 Å². The number of phosphoric acid groups is 1. The van der Waals surface area contributed by atoms with Crippen LogP contribution in [0.2, 0.25) is 5.02 Å². The van der Waals surface area contributed by atoms with E-state index >= 15 is 0 Å². The molecular formula is C26H29ClF4N3O7P. The van der Waals surface area contributed by atoms with Gasteiger partial charge in [-0.05, 0) is 47.7 Å². The van der Waals surface area contributed by atoms with Crippen molar-refractivity contribution in [3.8, 4) is 0 Å². The van der Waals surface area contributed by atoms with Crippen LogP contribution in [0, 0.1) is 11.6 Å². The van der Waals surface area contributed by atoms with Crippen molar-refractivity contribution in [2.75, 3.05) is 25.6 Å². The van der Waals surface area contributed by atoms with Gasteiger partial charge < -0.3 is 19.4 Å². The minimum Gasteiger partial charge on any atom is -0.447 e. The first-order valence-electron chi connectivity index (χ1n) is 11.9. The van der Waals surface area contributed by atoms with Crippen LogP contribution >= 0.6 is 19.4 Å². The fraction of sp³-hybridized carbons (Fsp3) is 0.346. The molecule has 1 aromatic heterocycles. The molecule has 0 saturated carbocycles. The Hall–Kier alpha value is -3.29. The highest BCUT2D eigenvalue weighted by atomic mass is 35.5. The summed E-state index contributed by atoms with van der Waals surface area (Å²) in [6, 6.07) is 7.82. The molecule has 0 fully saturated rings. The van der Waals surface area contributed by atoms with Gasteiger partial charge in [0.15, 0.2) is 0 Å². The molecule has 0 unspecified atom stereocenters. The van der Waals surface area contributed by atoms with E-state index in [0.717, 1.165) is 11.0 Å². The zero-order valence-electron chi connectivity index (χ0n) is 21.4. The normalized spacial score (nSPS) is 12.4. The first kappa shape index (κ1) is 34.9. The van der Waals surface area contributed by atoms with E-state index < -0.39 is 63.1 Å². The molecule has 2 aromatic carbocycles. The summed E-state index contributed by atoms with van der Waals surface area (Å²) >= 11 is 5.90. The van der Waals surface area contributed by atoms with Crippen LogP contribution < -0.4 is 5.32 Å². The van der Waals surface area contributed by atoms with Gasteiger partial charge in [-0.3, -0.25) is 14.6 Å². The Morgan fingerprint density at radius 1 is 1.17 bits per heavy atom. The third-order valence-electron chi connectivity index (χ3n) is 5.88. The number of alkyl halides is 2. The van der Waals surface area contributed by atoms with Crippen LogP contribution in [0.1, 0.15) is 25.8 Å². The maximum Gasteiger partial charge on any atom is 0.469 e. The number of pyridine rings is 1. The molecule has 0 aliphatic carbocycles. The van der Waals surface area contributed by atoms with Gasteiger partial charge in [0, 0.05) is 31.5 Å². The van der Waals surface area contributed by atoms with Crippen LogP contribution in [0.5, 0.6) is 0 Å². The van der Waals surface area contributed by atoms with Gasteiger partial charge in [-0.15, -0.1) is 0 Å². The van der Waals surface area contributed by atoms with E-state index in [1.807, 2.05) is 0 Å². The number of carbonyl (C=O) groups is 2. The molecule has 42 heavy (non-hydrogen) atoms. The smallest absolute Gasteiger partial charge is 0.447 e. The van der Waals surface area contributed by atoms with Crippen molar-refractivity contribution in [3.63, 3.8) is 0 Å². The highest BCUT2D eigenvalue weighted by molar-refractivity contribution is 7.46. The van der Waals surface area contributed by atoms with Crippen LogP contribution in [0.15, 0.2) is 48.7 Å². The second kappa shape index (κ2) is 14.7. The van der Waals surface area contributed by atoms with Gasteiger partial charge in [-0.2, -0.15) is 0 Å². The molecule has 1 heterocycles. The van der Waals surface area contributed by atoms with E-state index in [9.17, 15) is 31.7 Å². The number of halogens is 5. The quantitative estimate of drug-likeness (QED) is 0.164. The number of benzene rings is 2. The first-order chi connectivity index (χ1) is 19.1. The lowest BCUT2D eigenvalue weighted by Crippen LogP contribution is -2.45. The highest BCUT2D eigenvalue weighted by Gasteiger charge is 2.38. The molecule has 0 aliphatic heterocycles. The first-order valence-corrected chi connectivity index (χ1v) is 13.8. The van der Waals surface area contributed by atoms with Crippen LogP contribution in [0.3, 0.4) is 0 Å². The SMILES string of the molecule is C.CN(C(=O)CCc1cccc(F)c1Cl)[C@H](COC(=O)Nc1cc2cc(F)ccc2cn1)CC(F)(F)COP(=O)(O)O. The summed E-state index contributed by atoms with van der Waals surface area (Å²) in [7, 11) is -4.05. The number of nitrogens with one attached hydrogen (secondary N) is 1. The number of carbonyl (C=O) groups excluding carboxylic acids is 2. The van der Waals surface area contributed by atoms with Gasteiger partial charge in [0.05, 0.1) is 11.1 Å². The summed E-state index contributed by atoms with van der Waals surface area (Å²) in [6.45, 7) is -2.43. The fourth-order valence-electron chi connectivity index (χ4n) is 3.75. The maximum atomic E-state index is 14.6. The van der Waals surface area contributed by atoms with Gasteiger partial charge in [0.2, 0.25) is 5.91 Å². The van der Waals surface area contributed by atoms with Crippen LogP contribution in [-0.4, -0.2) is 63.9 Å². The fourth-order valence-corrected chi connectivity index (χ4v) is 4.32. The lowest BCUT2D eigenvalue weighted by Gasteiger charge is -2.31. The number of anilines is 1. The van der Waals surface area contributed by atoms with E-state index in [-0.39, 0.29) is 31.1 Å². The number of hydrogen-bond acceptors (Lipinski definition) is 6. The summed E-state index contributed by atoms with van der Waals surface area (Å²) in [5.41, 5.74) is 0.309. The van der Waals surface area contributed by atoms with Gasteiger partial charge in [0.25, 0.3) is 5.92 Å². The predicted molar refractivity (Wildman–Crippen MR) is 147 cm³/mol. The van der Waals surface area contributed by atoms with Gasteiger partial charge in [-0.1, -0.05) is 31.2 Å². The lowest BCUT2D eigenvalue weighted by atomic mass is 10.1. The van der Waals surface area contributed by atoms with Gasteiger partial charge in [0.1, 0.15) is 30.7 Å². The van der Waals surface area contributed by atoms with Crippen molar-refractivity contribution in [1.29, 1.82) is 0 Å².